The summed E-state index contributed by atoms with van der Waals surface area (Å²) in [5, 5.41) is 2.89. The predicted octanol–water partition coefficient (Wildman–Crippen LogP) is 4.25. The van der Waals surface area contributed by atoms with Crippen LogP contribution in [0.5, 0.6) is 0 Å². The van der Waals surface area contributed by atoms with E-state index in [1.54, 1.807) is 4.90 Å². The van der Waals surface area contributed by atoms with E-state index in [4.69, 9.17) is 0 Å². The molecule has 0 atom stereocenters. The van der Waals surface area contributed by atoms with Gasteiger partial charge in [-0.1, -0.05) is 36.8 Å². The lowest BCUT2D eigenvalue weighted by Gasteiger charge is -2.23. The van der Waals surface area contributed by atoms with Gasteiger partial charge in [0.1, 0.15) is 0 Å². The molecule has 0 unspecified atom stereocenters. The van der Waals surface area contributed by atoms with Crippen LogP contribution in [0.25, 0.3) is 0 Å². The Morgan fingerprint density at radius 2 is 1.72 bits per heavy atom. The summed E-state index contributed by atoms with van der Waals surface area (Å²) in [7, 11) is 0. The summed E-state index contributed by atoms with van der Waals surface area (Å²) in [6, 6.07) is 13.8. The second kappa shape index (κ2) is 8.47. The SMILES string of the molecule is CCc1ccc(NC(=O)CCN(C(C)=O)c2ccc(C)cc2C)cc1. The molecule has 0 aliphatic heterocycles. The number of anilines is 2. The van der Waals surface area contributed by atoms with Gasteiger partial charge in [-0.25, -0.2) is 0 Å². The maximum absolute atomic E-state index is 12.2. The van der Waals surface area contributed by atoms with E-state index in [9.17, 15) is 9.59 Å². The fourth-order valence-corrected chi connectivity index (χ4v) is 2.82. The summed E-state index contributed by atoms with van der Waals surface area (Å²) >= 11 is 0. The van der Waals surface area contributed by atoms with Crippen LogP contribution in [0.4, 0.5) is 11.4 Å². The average Bonchev–Trinajstić information content (AvgIpc) is 2.57. The minimum atomic E-state index is -0.0970. The molecule has 0 bridgehead atoms. The van der Waals surface area contributed by atoms with Crippen molar-refractivity contribution in [2.45, 2.75) is 40.5 Å². The normalized spacial score (nSPS) is 10.4. The predicted molar refractivity (Wildman–Crippen MR) is 103 cm³/mol. The number of nitrogens with one attached hydrogen (secondary N) is 1. The molecule has 0 aromatic heterocycles. The van der Waals surface area contributed by atoms with Gasteiger partial charge < -0.3 is 10.2 Å². The molecule has 4 heteroatoms. The standard InChI is InChI=1S/C21H26N2O2/c1-5-18-7-9-19(10-8-18)22-21(25)12-13-23(17(4)24)20-11-6-15(2)14-16(20)3/h6-11,14H,5,12-13H2,1-4H3,(H,22,25). The van der Waals surface area contributed by atoms with Crippen LogP contribution in [-0.2, 0) is 16.0 Å². The molecular formula is C21H26N2O2. The van der Waals surface area contributed by atoms with Crippen LogP contribution in [0.15, 0.2) is 42.5 Å². The second-order valence-electron chi connectivity index (χ2n) is 6.31. The number of carbonyl (C=O) groups is 2. The highest BCUT2D eigenvalue weighted by Crippen LogP contribution is 2.22. The molecule has 0 spiro atoms. The van der Waals surface area contributed by atoms with Gasteiger partial charge in [0.15, 0.2) is 0 Å². The first-order valence-corrected chi connectivity index (χ1v) is 8.65. The van der Waals surface area contributed by atoms with Crippen molar-refractivity contribution in [1.82, 2.24) is 0 Å². The van der Waals surface area contributed by atoms with Crippen LogP contribution < -0.4 is 10.2 Å². The molecular weight excluding hydrogens is 312 g/mol. The fraction of sp³-hybridized carbons (Fsp3) is 0.333. The van der Waals surface area contributed by atoms with Crippen LogP contribution in [0, 0.1) is 13.8 Å². The van der Waals surface area contributed by atoms with E-state index in [1.165, 1.54) is 12.5 Å². The molecule has 0 radical (unpaired) electrons. The Hall–Kier alpha value is -2.62. The van der Waals surface area contributed by atoms with E-state index in [1.807, 2.05) is 56.3 Å². The van der Waals surface area contributed by atoms with Gasteiger partial charge in [-0.15, -0.1) is 0 Å². The number of hydrogen-bond acceptors (Lipinski definition) is 2. The smallest absolute Gasteiger partial charge is 0.226 e. The van der Waals surface area contributed by atoms with Gasteiger partial charge in [-0.2, -0.15) is 0 Å². The molecule has 2 aromatic carbocycles. The average molecular weight is 338 g/mol. The van der Waals surface area contributed by atoms with Crippen LogP contribution in [-0.4, -0.2) is 18.4 Å². The summed E-state index contributed by atoms with van der Waals surface area (Å²) in [6.45, 7) is 7.98. The first-order chi connectivity index (χ1) is 11.9. The molecule has 0 aliphatic rings. The van der Waals surface area contributed by atoms with Crippen molar-refractivity contribution < 1.29 is 9.59 Å². The maximum atomic E-state index is 12.2. The lowest BCUT2D eigenvalue weighted by Crippen LogP contribution is -2.32. The van der Waals surface area contributed by atoms with Gasteiger partial charge in [0.25, 0.3) is 0 Å². The maximum Gasteiger partial charge on any atom is 0.226 e. The van der Waals surface area contributed by atoms with E-state index < -0.39 is 0 Å². The lowest BCUT2D eigenvalue weighted by molar-refractivity contribution is -0.117. The zero-order valence-electron chi connectivity index (χ0n) is 15.4. The first-order valence-electron chi connectivity index (χ1n) is 8.65. The number of aryl methyl sites for hydroxylation is 3. The van der Waals surface area contributed by atoms with Gasteiger partial charge in [0.2, 0.25) is 11.8 Å². The first kappa shape index (κ1) is 18.7. The summed E-state index contributed by atoms with van der Waals surface area (Å²) in [6.07, 6.45) is 1.22. The quantitative estimate of drug-likeness (QED) is 0.856. The molecule has 2 amide bonds. The Morgan fingerprint density at radius 1 is 1.04 bits per heavy atom. The molecule has 132 valence electrons. The largest absolute Gasteiger partial charge is 0.326 e. The summed E-state index contributed by atoms with van der Waals surface area (Å²) in [5.74, 6) is -0.160. The second-order valence-corrected chi connectivity index (χ2v) is 6.31. The van der Waals surface area contributed by atoms with Gasteiger partial charge in [-0.05, 0) is 49.6 Å². The summed E-state index contributed by atoms with van der Waals surface area (Å²) in [5.41, 5.74) is 5.06. The zero-order chi connectivity index (χ0) is 18.4. The third-order valence-electron chi connectivity index (χ3n) is 4.23. The van der Waals surface area contributed by atoms with Crippen molar-refractivity contribution in [2.75, 3.05) is 16.8 Å². The Bertz CT molecular complexity index is 751. The van der Waals surface area contributed by atoms with Crippen LogP contribution >= 0.6 is 0 Å². The lowest BCUT2D eigenvalue weighted by atomic mass is 10.1. The molecule has 25 heavy (non-hydrogen) atoms. The van der Waals surface area contributed by atoms with Crippen molar-refractivity contribution in [3.63, 3.8) is 0 Å². The number of amides is 2. The number of benzene rings is 2. The fourth-order valence-electron chi connectivity index (χ4n) is 2.82. The minimum Gasteiger partial charge on any atom is -0.326 e. The number of nitrogens with zero attached hydrogens (tertiary/aromatic N) is 1. The molecule has 0 saturated heterocycles. The molecule has 0 fully saturated rings. The van der Waals surface area contributed by atoms with Crippen LogP contribution in [0.2, 0.25) is 0 Å². The molecule has 2 aromatic rings. The highest BCUT2D eigenvalue weighted by atomic mass is 16.2. The Labute approximate surface area is 149 Å². The van der Waals surface area contributed by atoms with Gasteiger partial charge in [0, 0.05) is 31.3 Å². The number of carbonyl (C=O) groups excluding carboxylic acids is 2. The van der Waals surface area contributed by atoms with Gasteiger partial charge in [-0.3, -0.25) is 9.59 Å². The molecule has 0 saturated carbocycles. The summed E-state index contributed by atoms with van der Waals surface area (Å²) in [4.78, 5) is 25.9. The topological polar surface area (TPSA) is 49.4 Å². The van der Waals surface area contributed by atoms with E-state index in [-0.39, 0.29) is 18.2 Å². The van der Waals surface area contributed by atoms with Crippen molar-refractivity contribution in [3.05, 3.63) is 59.2 Å². The zero-order valence-corrected chi connectivity index (χ0v) is 15.4. The van der Waals surface area contributed by atoms with Crippen molar-refractivity contribution in [3.8, 4) is 0 Å². The van der Waals surface area contributed by atoms with Crippen molar-refractivity contribution >= 4 is 23.2 Å². The van der Waals surface area contributed by atoms with Crippen LogP contribution in [0.1, 0.15) is 37.0 Å². The monoisotopic (exact) mass is 338 g/mol. The highest BCUT2D eigenvalue weighted by molar-refractivity contribution is 5.95. The summed E-state index contributed by atoms with van der Waals surface area (Å²) < 4.78 is 0. The third kappa shape index (κ3) is 5.18. The van der Waals surface area contributed by atoms with Gasteiger partial charge in [0.05, 0.1) is 0 Å². The minimum absolute atomic E-state index is 0.0629. The molecule has 4 nitrogen and oxygen atoms in total. The third-order valence-corrected chi connectivity index (χ3v) is 4.23. The molecule has 1 N–H and O–H groups in total. The Balaban J connectivity index is 2.00. The van der Waals surface area contributed by atoms with Crippen LogP contribution in [0.3, 0.4) is 0 Å². The van der Waals surface area contributed by atoms with E-state index in [0.29, 0.717) is 6.54 Å². The molecule has 0 heterocycles. The molecule has 2 rings (SSSR count). The van der Waals surface area contributed by atoms with E-state index in [2.05, 4.69) is 12.2 Å². The van der Waals surface area contributed by atoms with E-state index in [0.717, 1.165) is 28.9 Å². The highest BCUT2D eigenvalue weighted by Gasteiger charge is 2.15. The number of hydrogen-bond donors (Lipinski definition) is 1. The Kier molecular flexibility index (Phi) is 6.34. The van der Waals surface area contributed by atoms with E-state index >= 15 is 0 Å². The molecule has 0 aliphatic carbocycles. The van der Waals surface area contributed by atoms with Crippen molar-refractivity contribution in [1.29, 1.82) is 0 Å². The number of rotatable bonds is 6. The van der Waals surface area contributed by atoms with Crippen molar-refractivity contribution in [2.24, 2.45) is 0 Å². The van der Waals surface area contributed by atoms with Gasteiger partial charge >= 0.3 is 0 Å². The Morgan fingerprint density at radius 3 is 2.28 bits per heavy atom.